The second kappa shape index (κ2) is 8.48. The number of carbonyl (C=O) groups is 3. The molecule has 0 bridgehead atoms. The lowest BCUT2D eigenvalue weighted by molar-refractivity contribution is -0.142. The van der Waals surface area contributed by atoms with Crippen molar-refractivity contribution in [2.45, 2.75) is 43.0 Å². The summed E-state index contributed by atoms with van der Waals surface area (Å²) in [7, 11) is 0. The number of halogens is 2. The number of carbonyl (C=O) groups excluding carboxylic acids is 1. The van der Waals surface area contributed by atoms with E-state index >= 15 is 0 Å². The third-order valence-electron chi connectivity index (χ3n) is 4.85. The quantitative estimate of drug-likeness (QED) is 0.499. The highest BCUT2D eigenvalue weighted by Crippen LogP contribution is 2.39. The van der Waals surface area contributed by atoms with E-state index in [1.807, 2.05) is 0 Å². The molecule has 9 nitrogen and oxygen atoms in total. The van der Waals surface area contributed by atoms with E-state index in [9.17, 15) is 29.0 Å². The maximum absolute atomic E-state index is 14.4. The van der Waals surface area contributed by atoms with Crippen LogP contribution in [0.15, 0.2) is 22.7 Å². The van der Waals surface area contributed by atoms with Crippen LogP contribution in [0.25, 0.3) is 11.3 Å². The fourth-order valence-electron chi connectivity index (χ4n) is 3.34. The molecule has 4 N–H and O–H groups in total. The van der Waals surface area contributed by atoms with Crippen LogP contribution in [0.5, 0.6) is 0 Å². The fraction of sp³-hybridized carbons (Fsp3) is 0.368. The van der Waals surface area contributed by atoms with Crippen molar-refractivity contribution in [1.29, 1.82) is 0 Å². The predicted molar refractivity (Wildman–Crippen MR) is 111 cm³/mol. The van der Waals surface area contributed by atoms with E-state index in [4.69, 9.17) is 16.1 Å². The number of nitrogens with zero attached hydrogens (tertiary/aromatic N) is 1. The number of benzene rings is 1. The van der Waals surface area contributed by atoms with E-state index in [-0.39, 0.29) is 27.6 Å². The first-order valence-electron chi connectivity index (χ1n) is 9.05. The number of amides is 1. The van der Waals surface area contributed by atoms with Crippen LogP contribution in [-0.4, -0.2) is 55.4 Å². The largest absolute Gasteiger partial charge is 0.480 e. The third kappa shape index (κ3) is 4.39. The van der Waals surface area contributed by atoms with Gasteiger partial charge in [-0.2, -0.15) is 0 Å². The first kappa shape index (κ1) is 23.0. The molecule has 3 rings (SSSR count). The molecule has 31 heavy (non-hydrogen) atoms. The molecular formula is C19H19ClFN3O6S. The van der Waals surface area contributed by atoms with Gasteiger partial charge in [-0.05, 0) is 32.9 Å². The van der Waals surface area contributed by atoms with Gasteiger partial charge in [0.25, 0.3) is 5.91 Å². The number of aryl methyl sites for hydroxylation is 1. The molecule has 1 aromatic heterocycles. The highest BCUT2D eigenvalue weighted by molar-refractivity contribution is 8.01. The zero-order chi connectivity index (χ0) is 23.1. The van der Waals surface area contributed by atoms with Crippen molar-refractivity contribution in [3.63, 3.8) is 0 Å². The van der Waals surface area contributed by atoms with Gasteiger partial charge in [0.05, 0.1) is 16.0 Å². The van der Waals surface area contributed by atoms with Gasteiger partial charge < -0.3 is 20.1 Å². The summed E-state index contributed by atoms with van der Waals surface area (Å²) in [6.07, 6.45) is 0. The lowest BCUT2D eigenvalue weighted by atomic mass is 10.0. The van der Waals surface area contributed by atoms with Crippen molar-refractivity contribution in [3.05, 3.63) is 40.4 Å². The SMILES string of the molecule is Cc1onc(-c2c(F)cccc2Cl)c1C(=O)NC(C(=O)O)C1N[C@@H](C(=O)O)C(C)(C)S1. The van der Waals surface area contributed by atoms with E-state index < -0.39 is 45.9 Å². The van der Waals surface area contributed by atoms with Crippen molar-refractivity contribution in [1.82, 2.24) is 15.8 Å². The summed E-state index contributed by atoms with van der Waals surface area (Å²) < 4.78 is 18.6. The Kier molecular flexibility index (Phi) is 6.30. The topological polar surface area (TPSA) is 142 Å². The summed E-state index contributed by atoms with van der Waals surface area (Å²) in [5.74, 6) is -4.09. The maximum atomic E-state index is 14.4. The van der Waals surface area contributed by atoms with Gasteiger partial charge >= 0.3 is 11.9 Å². The molecule has 1 aliphatic heterocycles. The molecule has 12 heteroatoms. The Morgan fingerprint density at radius 2 is 2.03 bits per heavy atom. The molecule has 2 heterocycles. The van der Waals surface area contributed by atoms with Gasteiger partial charge in [0, 0.05) is 4.75 Å². The standard InChI is InChI=1S/C19H19ClFN3O6S/c1-7-10(12(24-30-7)11-8(20)5-4-6-9(11)21)15(25)22-13(17(26)27)16-23-14(18(28)29)19(2,3)31-16/h4-6,13-14,16,23H,1-3H3,(H,22,25)(H,26,27)(H,28,29)/t13?,14-,16?/m0/s1. The Morgan fingerprint density at radius 1 is 1.35 bits per heavy atom. The molecule has 1 amide bonds. The van der Waals surface area contributed by atoms with Crippen LogP contribution in [0.1, 0.15) is 30.0 Å². The number of nitrogens with one attached hydrogen (secondary N) is 2. The molecule has 2 aromatic rings. The highest BCUT2D eigenvalue weighted by atomic mass is 35.5. The first-order valence-corrected chi connectivity index (χ1v) is 10.3. The van der Waals surface area contributed by atoms with Gasteiger partial charge in [-0.15, -0.1) is 11.8 Å². The predicted octanol–water partition coefficient (Wildman–Crippen LogP) is 2.52. The van der Waals surface area contributed by atoms with Crippen molar-refractivity contribution in [3.8, 4) is 11.3 Å². The lowest BCUT2D eigenvalue weighted by Crippen LogP contribution is -2.54. The highest BCUT2D eigenvalue weighted by Gasteiger charge is 2.49. The number of hydrogen-bond donors (Lipinski definition) is 4. The monoisotopic (exact) mass is 471 g/mol. The van der Waals surface area contributed by atoms with Crippen molar-refractivity contribution in [2.24, 2.45) is 0 Å². The average molecular weight is 472 g/mol. The molecule has 0 aliphatic carbocycles. The summed E-state index contributed by atoms with van der Waals surface area (Å²) in [5.41, 5.74) is -0.494. The zero-order valence-electron chi connectivity index (χ0n) is 16.6. The van der Waals surface area contributed by atoms with Crippen LogP contribution in [0.3, 0.4) is 0 Å². The van der Waals surface area contributed by atoms with Crippen LogP contribution in [0.4, 0.5) is 4.39 Å². The number of aliphatic carboxylic acids is 2. The van der Waals surface area contributed by atoms with Crippen molar-refractivity contribution < 1.29 is 33.5 Å². The van der Waals surface area contributed by atoms with Crippen LogP contribution < -0.4 is 10.6 Å². The summed E-state index contributed by atoms with van der Waals surface area (Å²) in [6.45, 7) is 4.74. The van der Waals surface area contributed by atoms with E-state index in [1.165, 1.54) is 19.1 Å². The molecule has 2 unspecified atom stereocenters. The average Bonchev–Trinajstić information content (AvgIpc) is 3.18. The maximum Gasteiger partial charge on any atom is 0.328 e. The van der Waals surface area contributed by atoms with Crippen LogP contribution >= 0.6 is 23.4 Å². The zero-order valence-corrected chi connectivity index (χ0v) is 18.2. The number of hydrogen-bond acceptors (Lipinski definition) is 7. The molecule has 0 radical (unpaired) electrons. The molecule has 1 aromatic carbocycles. The van der Waals surface area contributed by atoms with Gasteiger partial charge in [-0.25, -0.2) is 9.18 Å². The Balaban J connectivity index is 1.93. The Labute approximate surface area is 185 Å². The van der Waals surface area contributed by atoms with Crippen LogP contribution in [-0.2, 0) is 9.59 Å². The smallest absolute Gasteiger partial charge is 0.328 e. The molecule has 1 saturated heterocycles. The Morgan fingerprint density at radius 3 is 2.58 bits per heavy atom. The van der Waals surface area contributed by atoms with Gasteiger partial charge in [-0.3, -0.25) is 14.9 Å². The molecule has 3 atom stereocenters. The molecule has 0 spiro atoms. The summed E-state index contributed by atoms with van der Waals surface area (Å²) in [6, 6.07) is 1.43. The van der Waals surface area contributed by atoms with Gasteiger partial charge in [0.2, 0.25) is 0 Å². The van der Waals surface area contributed by atoms with Gasteiger partial charge in [-0.1, -0.05) is 22.8 Å². The minimum Gasteiger partial charge on any atom is -0.480 e. The van der Waals surface area contributed by atoms with Crippen LogP contribution in [0.2, 0.25) is 5.02 Å². The minimum atomic E-state index is -1.49. The van der Waals surface area contributed by atoms with E-state index in [0.29, 0.717) is 0 Å². The summed E-state index contributed by atoms with van der Waals surface area (Å²) in [4.78, 5) is 36.4. The van der Waals surface area contributed by atoms with Gasteiger partial charge in [0.1, 0.15) is 28.9 Å². The first-order chi connectivity index (χ1) is 14.4. The Bertz CT molecular complexity index is 1040. The third-order valence-corrected chi connectivity index (χ3v) is 6.67. The fourth-order valence-corrected chi connectivity index (χ4v) is 5.08. The number of carboxylic acids is 2. The second-order valence-electron chi connectivity index (χ2n) is 7.43. The van der Waals surface area contributed by atoms with Gasteiger partial charge in [0.15, 0.2) is 6.04 Å². The van der Waals surface area contributed by atoms with Crippen molar-refractivity contribution >= 4 is 41.2 Å². The molecule has 1 aliphatic rings. The second-order valence-corrected chi connectivity index (χ2v) is 9.63. The Hall–Kier alpha value is -2.63. The van der Waals surface area contributed by atoms with Crippen LogP contribution in [0, 0.1) is 12.7 Å². The molecule has 166 valence electrons. The van der Waals surface area contributed by atoms with E-state index in [2.05, 4.69) is 15.8 Å². The normalized spacial score (nSPS) is 20.9. The minimum absolute atomic E-state index is 0.00352. The number of thioether (sulfide) groups is 1. The summed E-state index contributed by atoms with van der Waals surface area (Å²) >= 11 is 7.15. The number of carboxylic acid groups (broad SMARTS) is 2. The molecule has 0 saturated carbocycles. The van der Waals surface area contributed by atoms with E-state index in [0.717, 1.165) is 17.8 Å². The summed E-state index contributed by atoms with van der Waals surface area (Å²) in [5, 5.41) is 27.0. The number of rotatable bonds is 6. The number of aromatic nitrogens is 1. The molecular weight excluding hydrogens is 453 g/mol. The molecule has 1 fully saturated rings. The lowest BCUT2D eigenvalue weighted by Gasteiger charge is -2.22. The van der Waals surface area contributed by atoms with Crippen molar-refractivity contribution in [2.75, 3.05) is 0 Å². The van der Waals surface area contributed by atoms with E-state index in [1.54, 1.807) is 13.8 Å².